The molecule has 0 radical (unpaired) electrons. The van der Waals surface area contributed by atoms with Gasteiger partial charge in [0.15, 0.2) is 0 Å². The summed E-state index contributed by atoms with van der Waals surface area (Å²) in [6.45, 7) is 5.64. The Hall–Kier alpha value is -3.16. The van der Waals surface area contributed by atoms with Crippen molar-refractivity contribution in [3.05, 3.63) is 42.4 Å². The Bertz CT molecular complexity index is 751. The van der Waals surface area contributed by atoms with Crippen molar-refractivity contribution in [3.8, 4) is 5.75 Å². The van der Waals surface area contributed by atoms with Gasteiger partial charge in [-0.25, -0.2) is 9.59 Å². The highest BCUT2D eigenvalue weighted by atomic mass is 16.6. The molecule has 0 atom stereocenters. The predicted molar refractivity (Wildman–Crippen MR) is 97.4 cm³/mol. The van der Waals surface area contributed by atoms with Crippen molar-refractivity contribution in [2.24, 2.45) is 0 Å². The van der Waals surface area contributed by atoms with Crippen molar-refractivity contribution in [1.29, 1.82) is 0 Å². The molecule has 8 heteroatoms. The highest BCUT2D eigenvalue weighted by Gasteiger charge is 2.18. The Labute approximate surface area is 151 Å². The number of nitrogens with one attached hydrogen (secondary N) is 3. The van der Waals surface area contributed by atoms with Crippen molar-refractivity contribution >= 4 is 23.5 Å². The molecule has 1 heterocycles. The van der Waals surface area contributed by atoms with E-state index in [0.29, 0.717) is 23.7 Å². The van der Waals surface area contributed by atoms with E-state index in [1.807, 2.05) is 0 Å². The minimum absolute atomic E-state index is 0.335. The molecule has 0 bridgehead atoms. The summed E-state index contributed by atoms with van der Waals surface area (Å²) >= 11 is 0. The average Bonchev–Trinajstić information content (AvgIpc) is 3.05. The molecule has 8 nitrogen and oxygen atoms in total. The molecule has 1 aromatic heterocycles. The van der Waals surface area contributed by atoms with Crippen molar-refractivity contribution in [1.82, 2.24) is 5.32 Å². The highest BCUT2D eigenvalue weighted by Crippen LogP contribution is 2.28. The van der Waals surface area contributed by atoms with Crippen LogP contribution < -0.4 is 20.7 Å². The van der Waals surface area contributed by atoms with E-state index in [0.717, 1.165) is 5.56 Å². The van der Waals surface area contributed by atoms with Crippen LogP contribution in [0.3, 0.4) is 0 Å². The summed E-state index contributed by atoms with van der Waals surface area (Å²) in [7, 11) is 1.49. The number of methoxy groups -OCH3 is 1. The fraction of sp³-hybridized carbons (Fsp3) is 0.333. The summed E-state index contributed by atoms with van der Waals surface area (Å²) in [5, 5.41) is 8.01. The first-order valence-corrected chi connectivity index (χ1v) is 8.01. The Balaban J connectivity index is 2.00. The van der Waals surface area contributed by atoms with E-state index < -0.39 is 11.7 Å². The van der Waals surface area contributed by atoms with Crippen LogP contribution in [0.5, 0.6) is 5.75 Å². The Morgan fingerprint density at radius 3 is 2.54 bits per heavy atom. The number of carbonyl (C=O) groups excluding carboxylic acids is 2. The number of amides is 3. The molecule has 3 N–H and O–H groups in total. The predicted octanol–water partition coefficient (Wildman–Crippen LogP) is 3.96. The smallest absolute Gasteiger partial charge is 0.412 e. The number of ether oxygens (including phenoxy) is 2. The number of hydrogen-bond donors (Lipinski definition) is 3. The topological polar surface area (TPSA) is 102 Å². The zero-order valence-corrected chi connectivity index (χ0v) is 15.2. The van der Waals surface area contributed by atoms with E-state index in [4.69, 9.17) is 13.9 Å². The Kier molecular flexibility index (Phi) is 6.11. The average molecular weight is 361 g/mol. The second kappa shape index (κ2) is 8.28. The molecular formula is C18H23N3O5. The van der Waals surface area contributed by atoms with Gasteiger partial charge < -0.3 is 24.5 Å². The lowest BCUT2D eigenvalue weighted by Crippen LogP contribution is -2.28. The second-order valence-corrected chi connectivity index (χ2v) is 6.48. The molecule has 0 fully saturated rings. The number of hydrogen-bond acceptors (Lipinski definition) is 5. The van der Waals surface area contributed by atoms with Gasteiger partial charge in [-0.15, -0.1) is 0 Å². The Morgan fingerprint density at radius 2 is 1.92 bits per heavy atom. The SMILES string of the molecule is COc1ccc(NC(=O)NCc2ccoc2)cc1NC(=O)OC(C)(C)C. The van der Waals surface area contributed by atoms with Crippen LogP contribution in [0.4, 0.5) is 21.0 Å². The quantitative estimate of drug-likeness (QED) is 0.748. The molecule has 0 aliphatic rings. The van der Waals surface area contributed by atoms with Crippen molar-refractivity contribution in [3.63, 3.8) is 0 Å². The van der Waals surface area contributed by atoms with E-state index >= 15 is 0 Å². The number of urea groups is 1. The lowest BCUT2D eigenvalue weighted by molar-refractivity contribution is 0.0635. The van der Waals surface area contributed by atoms with E-state index in [2.05, 4.69) is 16.0 Å². The summed E-state index contributed by atoms with van der Waals surface area (Å²) in [6.07, 6.45) is 2.47. The summed E-state index contributed by atoms with van der Waals surface area (Å²) < 4.78 is 15.4. The molecule has 0 saturated carbocycles. The van der Waals surface area contributed by atoms with Gasteiger partial charge in [0.1, 0.15) is 11.4 Å². The molecule has 140 valence electrons. The van der Waals surface area contributed by atoms with Crippen LogP contribution in [-0.4, -0.2) is 24.8 Å². The first kappa shape index (κ1) is 19.2. The lowest BCUT2D eigenvalue weighted by atomic mass is 10.2. The number of rotatable bonds is 5. The molecule has 1 aromatic carbocycles. The number of furan rings is 1. The maximum atomic E-state index is 12.0. The molecule has 2 rings (SSSR count). The van der Waals surface area contributed by atoms with Crippen LogP contribution >= 0.6 is 0 Å². The van der Waals surface area contributed by atoms with Crippen LogP contribution in [0.2, 0.25) is 0 Å². The van der Waals surface area contributed by atoms with Gasteiger partial charge in [-0.3, -0.25) is 5.32 Å². The molecular weight excluding hydrogens is 338 g/mol. The maximum absolute atomic E-state index is 12.0. The van der Waals surface area contributed by atoms with Crippen LogP contribution in [-0.2, 0) is 11.3 Å². The fourth-order valence-electron chi connectivity index (χ4n) is 2.05. The number of anilines is 2. The third kappa shape index (κ3) is 6.04. The molecule has 3 amide bonds. The summed E-state index contributed by atoms with van der Waals surface area (Å²) in [5.74, 6) is 0.445. The van der Waals surface area contributed by atoms with Crippen molar-refractivity contribution in [2.45, 2.75) is 32.9 Å². The zero-order chi connectivity index (χ0) is 19.2. The van der Waals surface area contributed by atoms with Crippen molar-refractivity contribution in [2.75, 3.05) is 17.7 Å². The molecule has 0 aliphatic heterocycles. The molecule has 26 heavy (non-hydrogen) atoms. The summed E-state index contributed by atoms with van der Waals surface area (Å²) in [5.41, 5.74) is 1.10. The minimum Gasteiger partial charge on any atom is -0.495 e. The van der Waals surface area contributed by atoms with Gasteiger partial charge in [-0.2, -0.15) is 0 Å². The largest absolute Gasteiger partial charge is 0.495 e. The molecule has 2 aromatic rings. The van der Waals surface area contributed by atoms with Crippen LogP contribution in [0.1, 0.15) is 26.3 Å². The lowest BCUT2D eigenvalue weighted by Gasteiger charge is -2.20. The van der Waals surface area contributed by atoms with Gasteiger partial charge in [-0.1, -0.05) is 0 Å². The molecule has 0 aliphatic carbocycles. The summed E-state index contributed by atoms with van der Waals surface area (Å²) in [6, 6.07) is 6.26. The van der Waals surface area contributed by atoms with E-state index in [1.54, 1.807) is 51.3 Å². The fourth-order valence-corrected chi connectivity index (χ4v) is 2.05. The first-order valence-electron chi connectivity index (χ1n) is 8.01. The monoisotopic (exact) mass is 361 g/mol. The van der Waals surface area contributed by atoms with Crippen LogP contribution in [0.25, 0.3) is 0 Å². The highest BCUT2D eigenvalue weighted by molar-refractivity contribution is 5.92. The molecule has 0 saturated heterocycles. The normalized spacial score (nSPS) is 10.8. The molecule has 0 spiro atoms. The van der Waals surface area contributed by atoms with Gasteiger partial charge in [0.25, 0.3) is 0 Å². The van der Waals surface area contributed by atoms with Gasteiger partial charge >= 0.3 is 12.1 Å². The van der Waals surface area contributed by atoms with Crippen LogP contribution in [0, 0.1) is 0 Å². The first-order chi connectivity index (χ1) is 12.3. The Morgan fingerprint density at radius 1 is 1.15 bits per heavy atom. The van der Waals surface area contributed by atoms with E-state index in [1.165, 1.54) is 13.4 Å². The van der Waals surface area contributed by atoms with E-state index in [-0.39, 0.29) is 6.03 Å². The van der Waals surface area contributed by atoms with Gasteiger partial charge in [-0.05, 0) is 45.0 Å². The third-order valence-electron chi connectivity index (χ3n) is 3.13. The standard InChI is InChI=1S/C18H23N3O5/c1-18(2,3)26-17(23)21-14-9-13(5-6-15(14)24-4)20-16(22)19-10-12-7-8-25-11-12/h5-9,11H,10H2,1-4H3,(H,21,23)(H2,19,20,22). The number of carbonyl (C=O) groups is 2. The number of benzene rings is 1. The van der Waals surface area contributed by atoms with Gasteiger partial charge in [0.05, 0.1) is 25.3 Å². The van der Waals surface area contributed by atoms with Crippen molar-refractivity contribution < 1.29 is 23.5 Å². The van der Waals surface area contributed by atoms with Gasteiger partial charge in [0.2, 0.25) is 0 Å². The zero-order valence-electron chi connectivity index (χ0n) is 15.2. The maximum Gasteiger partial charge on any atom is 0.412 e. The van der Waals surface area contributed by atoms with E-state index in [9.17, 15) is 9.59 Å². The van der Waals surface area contributed by atoms with Gasteiger partial charge in [0, 0.05) is 17.8 Å². The minimum atomic E-state index is -0.625. The van der Waals surface area contributed by atoms with Crippen LogP contribution in [0.15, 0.2) is 41.2 Å². The molecule has 0 unspecified atom stereocenters. The summed E-state index contributed by atoms with van der Waals surface area (Å²) in [4.78, 5) is 24.0. The third-order valence-corrected chi connectivity index (χ3v) is 3.13. The second-order valence-electron chi connectivity index (χ2n) is 6.48.